The van der Waals surface area contributed by atoms with Crippen LogP contribution in [-0.4, -0.2) is 43.8 Å². The molecule has 0 spiro atoms. The van der Waals surface area contributed by atoms with Crippen molar-refractivity contribution in [3.05, 3.63) is 0 Å². The fraction of sp³-hybridized carbons (Fsp3) is 1.00. The Balaban J connectivity index is 1.87. The van der Waals surface area contributed by atoms with Gasteiger partial charge in [-0.05, 0) is 18.8 Å². The van der Waals surface area contributed by atoms with Crippen molar-refractivity contribution in [2.24, 2.45) is 11.8 Å². The maximum absolute atomic E-state index is 12.7. The maximum Gasteiger partial charge on any atom is 0.394 e. The summed E-state index contributed by atoms with van der Waals surface area (Å²) in [5, 5.41) is 2.88. The normalized spacial score (nSPS) is 29.8. The molecule has 0 bridgehead atoms. The van der Waals surface area contributed by atoms with Crippen molar-refractivity contribution < 1.29 is 13.2 Å². The molecule has 2 nitrogen and oxygen atoms in total. The molecule has 0 aromatic rings. The van der Waals surface area contributed by atoms with Crippen LogP contribution in [0.4, 0.5) is 13.2 Å². The Morgan fingerprint density at radius 2 is 2.00 bits per heavy atom. The number of rotatable bonds is 2. The number of halogens is 3. The average molecular weight is 236 g/mol. The van der Waals surface area contributed by atoms with Crippen molar-refractivity contribution >= 4 is 0 Å². The van der Waals surface area contributed by atoms with Gasteiger partial charge in [0, 0.05) is 32.7 Å². The smallest absolute Gasteiger partial charge is 0.315 e. The van der Waals surface area contributed by atoms with Crippen LogP contribution >= 0.6 is 0 Å². The number of nitrogens with one attached hydrogen (secondary N) is 1. The predicted molar refractivity (Wildman–Crippen MR) is 56.2 cm³/mol. The molecule has 0 amide bonds. The van der Waals surface area contributed by atoms with Gasteiger partial charge in [0.1, 0.15) is 0 Å². The first-order valence-electron chi connectivity index (χ1n) is 6.05. The van der Waals surface area contributed by atoms with E-state index in [9.17, 15) is 13.2 Å². The van der Waals surface area contributed by atoms with Gasteiger partial charge in [0.2, 0.25) is 0 Å². The summed E-state index contributed by atoms with van der Waals surface area (Å²) >= 11 is 0. The van der Waals surface area contributed by atoms with E-state index in [1.165, 1.54) is 19.3 Å². The molecule has 0 aromatic carbocycles. The standard InChI is InChI=1S/C11H19F3N2/c12-11(13,14)10-6-15-4-5-16(8-10)7-9-2-1-3-9/h9-10,15H,1-8H2. The Labute approximate surface area is 94.2 Å². The lowest BCUT2D eigenvalue weighted by molar-refractivity contribution is -0.176. The first-order valence-corrected chi connectivity index (χ1v) is 6.05. The minimum Gasteiger partial charge on any atom is -0.315 e. The lowest BCUT2D eigenvalue weighted by Crippen LogP contribution is -2.40. The van der Waals surface area contributed by atoms with E-state index in [1.54, 1.807) is 0 Å². The van der Waals surface area contributed by atoms with Gasteiger partial charge < -0.3 is 10.2 Å². The monoisotopic (exact) mass is 236 g/mol. The molecule has 16 heavy (non-hydrogen) atoms. The van der Waals surface area contributed by atoms with Crippen molar-refractivity contribution in [1.29, 1.82) is 0 Å². The average Bonchev–Trinajstić information content (AvgIpc) is 2.35. The molecule has 1 heterocycles. The van der Waals surface area contributed by atoms with Gasteiger partial charge in [-0.15, -0.1) is 0 Å². The quantitative estimate of drug-likeness (QED) is 0.787. The Kier molecular flexibility index (Phi) is 3.74. The number of alkyl halides is 3. The first-order chi connectivity index (χ1) is 7.55. The summed E-state index contributed by atoms with van der Waals surface area (Å²) in [5.41, 5.74) is 0. The van der Waals surface area contributed by atoms with E-state index < -0.39 is 12.1 Å². The molecular formula is C11H19F3N2. The lowest BCUT2D eigenvalue weighted by atomic mass is 9.85. The van der Waals surface area contributed by atoms with E-state index in [2.05, 4.69) is 5.32 Å². The van der Waals surface area contributed by atoms with Crippen molar-refractivity contribution in [1.82, 2.24) is 10.2 Å². The van der Waals surface area contributed by atoms with Crippen LogP contribution in [0, 0.1) is 11.8 Å². The lowest BCUT2D eigenvalue weighted by Gasteiger charge is -2.33. The predicted octanol–water partition coefficient (Wildman–Crippen LogP) is 1.87. The zero-order chi connectivity index (χ0) is 11.6. The molecule has 1 saturated heterocycles. The van der Waals surface area contributed by atoms with Crippen molar-refractivity contribution in [2.75, 3.05) is 32.7 Å². The molecular weight excluding hydrogens is 217 g/mol. The van der Waals surface area contributed by atoms with E-state index in [0.717, 1.165) is 13.1 Å². The summed E-state index contributed by atoms with van der Waals surface area (Å²) in [6, 6.07) is 0. The highest BCUT2D eigenvalue weighted by atomic mass is 19.4. The minimum atomic E-state index is -4.06. The van der Waals surface area contributed by atoms with E-state index in [-0.39, 0.29) is 13.1 Å². The SMILES string of the molecule is FC(F)(F)C1CNCCN(CC2CCC2)C1. The molecule has 94 valence electrons. The van der Waals surface area contributed by atoms with Crippen LogP contribution in [0.25, 0.3) is 0 Å². The van der Waals surface area contributed by atoms with Gasteiger partial charge >= 0.3 is 6.18 Å². The van der Waals surface area contributed by atoms with E-state index in [4.69, 9.17) is 0 Å². The molecule has 1 N–H and O–H groups in total. The van der Waals surface area contributed by atoms with Gasteiger partial charge in [0.25, 0.3) is 0 Å². The highest BCUT2D eigenvalue weighted by Gasteiger charge is 2.41. The largest absolute Gasteiger partial charge is 0.394 e. The second-order valence-corrected chi connectivity index (χ2v) is 5.00. The fourth-order valence-corrected chi connectivity index (χ4v) is 2.41. The van der Waals surface area contributed by atoms with Gasteiger partial charge in [-0.2, -0.15) is 13.2 Å². The second kappa shape index (κ2) is 4.92. The third-order valence-electron chi connectivity index (χ3n) is 3.68. The molecule has 5 heteroatoms. The molecule has 2 aliphatic rings. The number of nitrogens with zero attached hydrogens (tertiary/aromatic N) is 1. The summed E-state index contributed by atoms with van der Waals surface area (Å²) in [7, 11) is 0. The molecule has 1 atom stereocenters. The van der Waals surface area contributed by atoms with Crippen LogP contribution in [0.5, 0.6) is 0 Å². The highest BCUT2D eigenvalue weighted by molar-refractivity contribution is 4.81. The molecule has 0 aromatic heterocycles. The molecule has 0 radical (unpaired) electrons. The summed E-state index contributed by atoms with van der Waals surface area (Å²) in [6.07, 6.45) is -0.421. The zero-order valence-corrected chi connectivity index (χ0v) is 9.39. The summed E-state index contributed by atoms with van der Waals surface area (Å²) in [5.74, 6) is -0.554. The van der Waals surface area contributed by atoms with Crippen LogP contribution in [-0.2, 0) is 0 Å². The van der Waals surface area contributed by atoms with Gasteiger partial charge in [0.05, 0.1) is 5.92 Å². The second-order valence-electron chi connectivity index (χ2n) is 5.00. The molecule has 1 aliphatic heterocycles. The van der Waals surface area contributed by atoms with Crippen LogP contribution in [0.15, 0.2) is 0 Å². The van der Waals surface area contributed by atoms with Gasteiger partial charge in [-0.25, -0.2) is 0 Å². The Morgan fingerprint density at radius 3 is 2.56 bits per heavy atom. The molecule has 1 aliphatic carbocycles. The topological polar surface area (TPSA) is 15.3 Å². The van der Waals surface area contributed by atoms with E-state index in [0.29, 0.717) is 12.5 Å². The Hall–Kier alpha value is -0.290. The first kappa shape index (κ1) is 12.2. The molecule has 1 saturated carbocycles. The zero-order valence-electron chi connectivity index (χ0n) is 9.39. The van der Waals surface area contributed by atoms with Gasteiger partial charge in [-0.3, -0.25) is 0 Å². The van der Waals surface area contributed by atoms with Crippen molar-refractivity contribution in [3.63, 3.8) is 0 Å². The molecule has 2 fully saturated rings. The summed E-state index contributed by atoms with van der Waals surface area (Å²) < 4.78 is 38.0. The van der Waals surface area contributed by atoms with Crippen LogP contribution in [0.2, 0.25) is 0 Å². The third kappa shape index (κ3) is 3.10. The highest BCUT2D eigenvalue weighted by Crippen LogP contribution is 2.30. The maximum atomic E-state index is 12.7. The number of hydrogen-bond donors (Lipinski definition) is 1. The number of hydrogen-bond acceptors (Lipinski definition) is 2. The summed E-state index contributed by atoms with van der Waals surface area (Å²) in [6.45, 7) is 2.54. The third-order valence-corrected chi connectivity index (χ3v) is 3.68. The Morgan fingerprint density at radius 1 is 1.25 bits per heavy atom. The van der Waals surface area contributed by atoms with Crippen LogP contribution in [0.1, 0.15) is 19.3 Å². The van der Waals surface area contributed by atoms with Crippen LogP contribution in [0.3, 0.4) is 0 Å². The molecule has 2 rings (SSSR count). The summed E-state index contributed by atoms with van der Waals surface area (Å²) in [4.78, 5) is 1.99. The molecule has 1 unspecified atom stereocenters. The Bertz CT molecular complexity index is 226. The van der Waals surface area contributed by atoms with Gasteiger partial charge in [0.15, 0.2) is 0 Å². The van der Waals surface area contributed by atoms with E-state index >= 15 is 0 Å². The van der Waals surface area contributed by atoms with Gasteiger partial charge in [-0.1, -0.05) is 6.42 Å². The van der Waals surface area contributed by atoms with Crippen molar-refractivity contribution in [3.8, 4) is 0 Å². The fourth-order valence-electron chi connectivity index (χ4n) is 2.41. The van der Waals surface area contributed by atoms with E-state index in [1.807, 2.05) is 4.90 Å². The minimum absolute atomic E-state index is 0.0741. The van der Waals surface area contributed by atoms with Crippen LogP contribution < -0.4 is 5.32 Å². The van der Waals surface area contributed by atoms with Crippen molar-refractivity contribution in [2.45, 2.75) is 25.4 Å².